The second-order valence-electron chi connectivity index (χ2n) is 12.3. The predicted octanol–water partition coefficient (Wildman–Crippen LogP) is 5.52. The van der Waals surface area contributed by atoms with Crippen molar-refractivity contribution in [3.8, 4) is 0 Å². The molecule has 20 heteroatoms. The van der Waals surface area contributed by atoms with Crippen LogP contribution >= 0.6 is 16.5 Å². The number of aliphatic hydroxyl groups is 1. The van der Waals surface area contributed by atoms with Crippen molar-refractivity contribution in [1.82, 2.24) is 0 Å². The van der Waals surface area contributed by atoms with Crippen LogP contribution in [-0.4, -0.2) is 104 Å². The third-order valence-corrected chi connectivity index (χ3v) is 11.8. The number of esters is 1. The second kappa shape index (κ2) is 17.4. The molecule has 8 unspecified atom stereocenters. The maximum Gasteiger partial charge on any atom is 0.338 e. The third-order valence-electron chi connectivity index (χ3n) is 9.38. The van der Waals surface area contributed by atoms with Gasteiger partial charge in [0, 0.05) is 20.7 Å². The fourth-order valence-corrected chi connectivity index (χ4v) is 8.66. The number of nitrogens with zero attached hydrogens (tertiary/aromatic N) is 9. The second-order valence-corrected chi connectivity index (χ2v) is 15.9. The average Bonchev–Trinajstić information content (AvgIpc) is 3.40. The Morgan fingerprint density at radius 1 is 0.939 bits per heavy atom. The molecule has 5 rings (SSSR count). The summed E-state index contributed by atoms with van der Waals surface area (Å²) < 4.78 is 43.0. The van der Waals surface area contributed by atoms with E-state index in [2.05, 4.69) is 36.7 Å². The van der Waals surface area contributed by atoms with Crippen LogP contribution < -0.4 is 0 Å². The summed E-state index contributed by atoms with van der Waals surface area (Å²) in [6.45, 7) is 7.94. The molecule has 0 aromatic heterocycles. The first-order valence-electron chi connectivity index (χ1n) is 16.1. The Kier molecular flexibility index (Phi) is 13.3. The van der Waals surface area contributed by atoms with Crippen LogP contribution in [0.1, 0.15) is 44.0 Å². The molecule has 0 bridgehead atoms. The first kappa shape index (κ1) is 37.5. The molecule has 4 fully saturated rings. The number of azide groups is 3. The van der Waals surface area contributed by atoms with Crippen LogP contribution in [0.5, 0.6) is 0 Å². The van der Waals surface area contributed by atoms with Crippen LogP contribution in [0.2, 0.25) is 0 Å². The normalized spacial score (nSPS) is 40.6. The largest absolute Gasteiger partial charge is 0.453 e. The summed E-state index contributed by atoms with van der Waals surface area (Å²) in [5.41, 5.74) is 28.7. The lowest BCUT2D eigenvalue weighted by Crippen LogP contribution is -2.63. The van der Waals surface area contributed by atoms with Crippen molar-refractivity contribution >= 4 is 22.5 Å². The summed E-state index contributed by atoms with van der Waals surface area (Å²) in [7, 11) is 1.09. The van der Waals surface area contributed by atoms with E-state index in [0.717, 1.165) is 0 Å². The summed E-state index contributed by atoms with van der Waals surface area (Å²) in [6.07, 6.45) is -8.09. The maximum atomic E-state index is 13.1. The van der Waals surface area contributed by atoms with Crippen LogP contribution in [0.15, 0.2) is 45.7 Å². The molecule has 17 atom stereocenters. The average molecular weight is 722 g/mol. The summed E-state index contributed by atoms with van der Waals surface area (Å²) >= 11 is 0. The van der Waals surface area contributed by atoms with Gasteiger partial charge in [0.15, 0.2) is 24.7 Å². The Labute approximate surface area is 286 Å². The topological polar surface area (TPSA) is 248 Å². The number of carbonyl (C=O) groups is 1. The Morgan fingerprint density at radius 3 is 2.20 bits per heavy atom. The van der Waals surface area contributed by atoms with Gasteiger partial charge in [0.1, 0.15) is 12.2 Å². The summed E-state index contributed by atoms with van der Waals surface area (Å²) in [5.74, 6) is -1.22. The molecule has 1 aromatic carbocycles. The highest BCUT2D eigenvalue weighted by Crippen LogP contribution is 2.45. The monoisotopic (exact) mass is 721 g/mol. The molecule has 3 aliphatic heterocycles. The van der Waals surface area contributed by atoms with E-state index in [9.17, 15) is 26.5 Å². The van der Waals surface area contributed by atoms with E-state index in [0.29, 0.717) is 28.5 Å². The fraction of sp³-hybridized carbons (Fsp3) is 0.759. The van der Waals surface area contributed by atoms with Crippen molar-refractivity contribution in [2.24, 2.45) is 27.2 Å². The minimum absolute atomic E-state index is 0.0679. The van der Waals surface area contributed by atoms with Crippen LogP contribution in [0, 0.1) is 11.8 Å². The molecule has 0 spiro atoms. The molecule has 1 saturated carbocycles. The first-order chi connectivity index (χ1) is 23.7. The molecule has 3 saturated heterocycles. The van der Waals surface area contributed by atoms with E-state index in [1.54, 1.807) is 30.3 Å². The molecular formula is C29H41N9O9P2. The molecule has 266 valence electrons. The lowest BCUT2D eigenvalue weighted by Gasteiger charge is -2.49. The maximum absolute atomic E-state index is 13.1. The molecule has 1 aromatic rings. The third kappa shape index (κ3) is 8.40. The van der Waals surface area contributed by atoms with Crippen molar-refractivity contribution in [2.45, 2.75) is 113 Å². The predicted molar refractivity (Wildman–Crippen MR) is 178 cm³/mol. The molecule has 18 nitrogen and oxygen atoms in total. The Balaban J connectivity index is 1.40. The zero-order valence-electron chi connectivity index (χ0n) is 27.4. The van der Waals surface area contributed by atoms with Crippen molar-refractivity contribution < 1.29 is 43.1 Å². The molecule has 1 aliphatic carbocycles. The van der Waals surface area contributed by atoms with E-state index in [-0.39, 0.29) is 37.0 Å². The van der Waals surface area contributed by atoms with Gasteiger partial charge in [-0.2, -0.15) is 0 Å². The lowest BCUT2D eigenvalue weighted by molar-refractivity contribution is -0.329. The molecular weight excluding hydrogens is 680 g/mol. The van der Waals surface area contributed by atoms with Gasteiger partial charge in [-0.1, -0.05) is 62.6 Å². The minimum Gasteiger partial charge on any atom is -0.453 e. The van der Waals surface area contributed by atoms with Crippen LogP contribution in [0.25, 0.3) is 31.3 Å². The zero-order valence-corrected chi connectivity index (χ0v) is 29.4. The van der Waals surface area contributed by atoms with Crippen molar-refractivity contribution in [2.75, 3.05) is 13.3 Å². The van der Waals surface area contributed by atoms with Gasteiger partial charge in [-0.3, -0.25) is 0 Å². The zero-order chi connectivity index (χ0) is 35.1. The van der Waals surface area contributed by atoms with Crippen LogP contribution in [0.3, 0.4) is 0 Å². The number of fused-ring (bicyclic) bond motifs is 1. The highest BCUT2D eigenvalue weighted by molar-refractivity contribution is 8.11. The van der Waals surface area contributed by atoms with Gasteiger partial charge in [0.05, 0.1) is 54.7 Å². The molecule has 4 aliphatic rings. The van der Waals surface area contributed by atoms with Crippen LogP contribution in [-0.2, 0) is 33.2 Å². The number of hydrogen-bond acceptors (Lipinski definition) is 12. The number of benzene rings is 1. The SMILES string of the molecule is CC[C@H]1O[C@@H](OC2[C@@H](O)[C@H](O[C@H]3OC4COC(PPC)O[C@H]4[C@H](C)C3N=[N+]=[N-])C(N=[N+]=[N-])C[C@H]2N=[N+]=[N-])C(OC(=O)c2ccccc2)[C@H]1C. The van der Waals surface area contributed by atoms with E-state index in [4.69, 9.17) is 33.2 Å². The highest BCUT2D eigenvalue weighted by atomic mass is 32.0. The standard InChI is InChI=1S/C29H41N9O9P2/c1-5-18-13(2)23(44-26(40)15-9-7-6-8-10-15)28(42-18)46-25-17(34-37-31)11-16(33-36-30)24(21(25)39)45-27-20(35-38-32)14(3)22-19(43-27)12-41-29(47-22)49-48-4/h6-10,13-14,16-25,27-29,39,48-49H,5,11-12H2,1-4H3/t13-,14+,16?,17+,18+,19?,20?,21-,22-,23?,24+,25?,27+,28-,29?/m0/s1. The van der Waals surface area contributed by atoms with Gasteiger partial charge >= 0.3 is 5.97 Å². The minimum atomic E-state index is -1.57. The van der Waals surface area contributed by atoms with E-state index in [1.807, 2.05) is 20.8 Å². The Bertz CT molecular complexity index is 1430. The van der Waals surface area contributed by atoms with Gasteiger partial charge in [-0.15, -0.1) is 0 Å². The van der Waals surface area contributed by atoms with Crippen molar-refractivity contribution in [1.29, 1.82) is 0 Å². The molecule has 1 N–H and O–H groups in total. The fourth-order valence-electron chi connectivity index (χ4n) is 6.85. The Hall–Kier alpha value is -2.80. The number of hydrogen-bond donors (Lipinski definition) is 1. The summed E-state index contributed by atoms with van der Waals surface area (Å²) in [6, 6.07) is 5.17. The number of aliphatic hydroxyl groups excluding tert-OH is 1. The van der Waals surface area contributed by atoms with E-state index >= 15 is 0 Å². The number of ether oxygens (including phenoxy) is 7. The van der Waals surface area contributed by atoms with E-state index in [1.165, 1.54) is 0 Å². The van der Waals surface area contributed by atoms with Gasteiger partial charge < -0.3 is 38.3 Å². The summed E-state index contributed by atoms with van der Waals surface area (Å²) in [5, 5.41) is 23.6. The van der Waals surface area contributed by atoms with Gasteiger partial charge in [-0.05, 0) is 62.4 Å². The first-order valence-corrected chi connectivity index (χ1v) is 19.7. The smallest absolute Gasteiger partial charge is 0.338 e. The van der Waals surface area contributed by atoms with Gasteiger partial charge in [-0.25, -0.2) is 4.79 Å². The van der Waals surface area contributed by atoms with Crippen LogP contribution in [0.4, 0.5) is 0 Å². The Morgan fingerprint density at radius 2 is 1.59 bits per heavy atom. The molecule has 0 radical (unpaired) electrons. The van der Waals surface area contributed by atoms with Crippen molar-refractivity contribution in [3.05, 3.63) is 67.2 Å². The van der Waals surface area contributed by atoms with Gasteiger partial charge in [0.25, 0.3) is 0 Å². The lowest BCUT2D eigenvalue weighted by atomic mass is 9.83. The van der Waals surface area contributed by atoms with E-state index < -0.39 is 73.3 Å². The van der Waals surface area contributed by atoms with Crippen molar-refractivity contribution in [3.63, 3.8) is 0 Å². The molecule has 0 amide bonds. The van der Waals surface area contributed by atoms with Gasteiger partial charge in [0.2, 0.25) is 0 Å². The number of carbonyl (C=O) groups excluding carboxylic acids is 1. The summed E-state index contributed by atoms with van der Waals surface area (Å²) in [4.78, 5) is 22.0. The highest BCUT2D eigenvalue weighted by Gasteiger charge is 2.54. The quantitative estimate of drug-likeness (QED) is 0.0937. The number of rotatable bonds is 12. The molecule has 3 heterocycles. The molecule has 49 heavy (non-hydrogen) atoms.